The number of hydrogen-bond donors (Lipinski definition) is 0. The second-order valence-corrected chi connectivity index (χ2v) is 4.51. The summed E-state index contributed by atoms with van der Waals surface area (Å²) in [7, 11) is 0. The molecule has 0 fully saturated rings. The quantitative estimate of drug-likeness (QED) is 0.731. The van der Waals surface area contributed by atoms with Crippen LogP contribution < -0.4 is 0 Å². The van der Waals surface area contributed by atoms with Crippen molar-refractivity contribution in [1.29, 1.82) is 0 Å². The van der Waals surface area contributed by atoms with E-state index in [-0.39, 0.29) is 5.82 Å². The lowest BCUT2D eigenvalue weighted by molar-refractivity contribution is 0.420. The lowest BCUT2D eigenvalue weighted by Gasteiger charge is -2.02. The Morgan fingerprint density at radius 3 is 2.80 bits per heavy atom. The second-order valence-electron chi connectivity index (χ2n) is 4.51. The standard InChI is InChI=1S/C15H14FN3O/c1-2-15-17-7-8-19(15)10-13-9-14(20-18-13)11-3-5-12(16)6-4-11/h3-9H,2,10H2,1H3. The number of imidazole rings is 1. The maximum Gasteiger partial charge on any atom is 0.167 e. The molecule has 2 heterocycles. The van der Waals surface area contributed by atoms with Gasteiger partial charge in [-0.25, -0.2) is 9.37 Å². The van der Waals surface area contributed by atoms with Gasteiger partial charge in [-0.05, 0) is 24.3 Å². The third kappa shape index (κ3) is 2.47. The first-order valence-electron chi connectivity index (χ1n) is 6.48. The van der Waals surface area contributed by atoms with Crippen LogP contribution in [0.2, 0.25) is 0 Å². The highest BCUT2D eigenvalue weighted by Crippen LogP contribution is 2.21. The molecular weight excluding hydrogens is 257 g/mol. The SMILES string of the molecule is CCc1nccn1Cc1cc(-c2ccc(F)cc2)on1. The molecule has 3 aromatic rings. The van der Waals surface area contributed by atoms with E-state index < -0.39 is 0 Å². The maximum absolute atomic E-state index is 12.9. The smallest absolute Gasteiger partial charge is 0.167 e. The van der Waals surface area contributed by atoms with Gasteiger partial charge in [0.15, 0.2) is 5.76 Å². The van der Waals surface area contributed by atoms with E-state index >= 15 is 0 Å². The molecule has 0 bridgehead atoms. The first-order chi connectivity index (χ1) is 9.76. The Hall–Kier alpha value is -2.43. The minimum absolute atomic E-state index is 0.264. The Labute approximate surface area is 115 Å². The Kier molecular flexibility index (Phi) is 3.33. The van der Waals surface area contributed by atoms with Crippen LogP contribution in [-0.2, 0) is 13.0 Å². The summed E-state index contributed by atoms with van der Waals surface area (Å²) in [5.41, 5.74) is 1.63. The predicted octanol–water partition coefficient (Wildman–Crippen LogP) is 3.29. The van der Waals surface area contributed by atoms with Gasteiger partial charge in [-0.15, -0.1) is 0 Å². The molecule has 0 spiro atoms. The molecule has 3 rings (SSSR count). The topological polar surface area (TPSA) is 43.9 Å². The van der Waals surface area contributed by atoms with Crippen molar-refractivity contribution in [2.45, 2.75) is 19.9 Å². The Balaban J connectivity index is 1.82. The molecule has 0 atom stereocenters. The van der Waals surface area contributed by atoms with Crippen LogP contribution in [0, 0.1) is 5.82 Å². The van der Waals surface area contributed by atoms with Gasteiger partial charge in [-0.2, -0.15) is 0 Å². The number of halogens is 1. The Morgan fingerprint density at radius 1 is 1.25 bits per heavy atom. The molecule has 0 saturated carbocycles. The zero-order valence-corrected chi connectivity index (χ0v) is 11.1. The molecule has 0 saturated heterocycles. The van der Waals surface area contributed by atoms with Crippen LogP contribution in [-0.4, -0.2) is 14.7 Å². The fraction of sp³-hybridized carbons (Fsp3) is 0.200. The van der Waals surface area contributed by atoms with E-state index in [0.717, 1.165) is 23.5 Å². The van der Waals surface area contributed by atoms with E-state index in [1.807, 2.05) is 16.8 Å². The van der Waals surface area contributed by atoms with E-state index in [9.17, 15) is 4.39 Å². The largest absolute Gasteiger partial charge is 0.356 e. The van der Waals surface area contributed by atoms with Crippen molar-refractivity contribution in [2.24, 2.45) is 0 Å². The van der Waals surface area contributed by atoms with Gasteiger partial charge in [0.05, 0.1) is 6.54 Å². The molecule has 0 unspecified atom stereocenters. The number of rotatable bonds is 4. The van der Waals surface area contributed by atoms with Crippen molar-refractivity contribution < 1.29 is 8.91 Å². The number of nitrogens with zero attached hydrogens (tertiary/aromatic N) is 3. The summed E-state index contributed by atoms with van der Waals surface area (Å²) >= 11 is 0. The van der Waals surface area contributed by atoms with Gasteiger partial charge in [0.1, 0.15) is 17.3 Å². The van der Waals surface area contributed by atoms with Gasteiger partial charge in [0.2, 0.25) is 0 Å². The number of benzene rings is 1. The van der Waals surface area contributed by atoms with Gasteiger partial charge in [-0.1, -0.05) is 12.1 Å². The van der Waals surface area contributed by atoms with Crippen molar-refractivity contribution in [3.63, 3.8) is 0 Å². The van der Waals surface area contributed by atoms with E-state index in [2.05, 4.69) is 17.1 Å². The van der Waals surface area contributed by atoms with Crippen molar-refractivity contribution in [3.05, 3.63) is 60.1 Å². The molecule has 0 aliphatic heterocycles. The third-order valence-corrected chi connectivity index (χ3v) is 3.14. The molecule has 20 heavy (non-hydrogen) atoms. The van der Waals surface area contributed by atoms with E-state index in [1.54, 1.807) is 18.3 Å². The molecule has 4 nitrogen and oxygen atoms in total. The molecule has 2 aromatic heterocycles. The fourth-order valence-corrected chi connectivity index (χ4v) is 2.11. The van der Waals surface area contributed by atoms with Gasteiger partial charge in [0.25, 0.3) is 0 Å². The maximum atomic E-state index is 12.9. The van der Waals surface area contributed by atoms with Crippen LogP contribution in [0.1, 0.15) is 18.4 Å². The summed E-state index contributed by atoms with van der Waals surface area (Å²) in [4.78, 5) is 4.27. The third-order valence-electron chi connectivity index (χ3n) is 3.14. The lowest BCUT2D eigenvalue weighted by atomic mass is 10.1. The molecular formula is C15H14FN3O. The van der Waals surface area contributed by atoms with Gasteiger partial charge < -0.3 is 9.09 Å². The minimum atomic E-state index is -0.264. The van der Waals surface area contributed by atoms with Crippen molar-refractivity contribution in [2.75, 3.05) is 0 Å². The second kappa shape index (κ2) is 5.28. The molecule has 1 aromatic carbocycles. The lowest BCUT2D eigenvalue weighted by Crippen LogP contribution is -2.03. The first kappa shape index (κ1) is 12.6. The van der Waals surface area contributed by atoms with Gasteiger partial charge in [-0.3, -0.25) is 0 Å². The van der Waals surface area contributed by atoms with Crippen molar-refractivity contribution >= 4 is 0 Å². The predicted molar refractivity (Wildman–Crippen MR) is 72.6 cm³/mol. The molecule has 102 valence electrons. The summed E-state index contributed by atoms with van der Waals surface area (Å²) < 4.78 is 20.2. The van der Waals surface area contributed by atoms with Crippen LogP contribution in [0.15, 0.2) is 47.2 Å². The summed E-state index contributed by atoms with van der Waals surface area (Å²) in [5, 5.41) is 4.05. The molecule has 0 amide bonds. The Morgan fingerprint density at radius 2 is 2.05 bits per heavy atom. The number of aryl methyl sites for hydroxylation is 1. The normalized spacial score (nSPS) is 10.9. The highest BCUT2D eigenvalue weighted by Gasteiger charge is 2.09. The Bertz CT molecular complexity index is 700. The van der Waals surface area contributed by atoms with Crippen LogP contribution in [0.5, 0.6) is 0 Å². The highest BCUT2D eigenvalue weighted by atomic mass is 19.1. The highest BCUT2D eigenvalue weighted by molar-refractivity contribution is 5.57. The van der Waals surface area contributed by atoms with Crippen LogP contribution in [0.3, 0.4) is 0 Å². The molecule has 0 N–H and O–H groups in total. The van der Waals surface area contributed by atoms with Crippen LogP contribution in [0.4, 0.5) is 4.39 Å². The van der Waals surface area contributed by atoms with Gasteiger partial charge >= 0.3 is 0 Å². The van der Waals surface area contributed by atoms with Crippen molar-refractivity contribution in [3.8, 4) is 11.3 Å². The number of aromatic nitrogens is 3. The summed E-state index contributed by atoms with van der Waals surface area (Å²) in [6, 6.07) is 8.03. The van der Waals surface area contributed by atoms with E-state index in [0.29, 0.717) is 12.3 Å². The van der Waals surface area contributed by atoms with Gasteiger partial charge in [0, 0.05) is 30.4 Å². The van der Waals surface area contributed by atoms with Crippen LogP contribution in [0.25, 0.3) is 11.3 Å². The monoisotopic (exact) mass is 271 g/mol. The average molecular weight is 271 g/mol. The summed E-state index contributed by atoms with van der Waals surface area (Å²) in [6.45, 7) is 2.68. The van der Waals surface area contributed by atoms with Crippen LogP contribution >= 0.6 is 0 Å². The number of hydrogen-bond acceptors (Lipinski definition) is 3. The van der Waals surface area contributed by atoms with E-state index in [1.165, 1.54) is 12.1 Å². The zero-order chi connectivity index (χ0) is 13.9. The minimum Gasteiger partial charge on any atom is -0.356 e. The fourth-order valence-electron chi connectivity index (χ4n) is 2.11. The summed E-state index contributed by atoms with van der Waals surface area (Å²) in [6.07, 6.45) is 4.57. The average Bonchev–Trinajstić information content (AvgIpc) is 3.09. The molecule has 0 aliphatic rings. The zero-order valence-electron chi connectivity index (χ0n) is 11.1. The van der Waals surface area contributed by atoms with E-state index in [4.69, 9.17) is 4.52 Å². The molecule has 0 aliphatic carbocycles. The molecule has 0 radical (unpaired) electrons. The summed E-state index contributed by atoms with van der Waals surface area (Å²) in [5.74, 6) is 1.38. The first-order valence-corrected chi connectivity index (χ1v) is 6.48. The van der Waals surface area contributed by atoms with Crippen molar-refractivity contribution in [1.82, 2.24) is 14.7 Å². The molecule has 5 heteroatoms.